The molecule has 7 heteroatoms. The number of aromatic carboxylic acids is 1. The highest BCUT2D eigenvalue weighted by atomic mass is 28.3. The van der Waals surface area contributed by atoms with E-state index in [0.29, 0.717) is 24.3 Å². The van der Waals surface area contributed by atoms with E-state index in [0.717, 1.165) is 61.4 Å². The average Bonchev–Trinajstić information content (AvgIpc) is 2.96. The zero-order valence-electron chi connectivity index (χ0n) is 17.9. The fraction of sp³-hybridized carbons (Fsp3) is 0.773. The Balaban J connectivity index is 0.000000211. The second-order valence-electron chi connectivity index (χ2n) is 10.6. The summed E-state index contributed by atoms with van der Waals surface area (Å²) in [6, 6.07) is 1.12. The van der Waals surface area contributed by atoms with Crippen LogP contribution in [0.2, 0.25) is 25.7 Å². The third-order valence-electron chi connectivity index (χ3n) is 7.13. The predicted molar refractivity (Wildman–Crippen MR) is 113 cm³/mol. The quantitative estimate of drug-likeness (QED) is 0.550. The van der Waals surface area contributed by atoms with Gasteiger partial charge in [-0.3, -0.25) is 4.79 Å². The van der Waals surface area contributed by atoms with Crippen LogP contribution in [-0.4, -0.2) is 41.3 Å². The highest BCUT2D eigenvalue weighted by molar-refractivity contribution is 6.76. The van der Waals surface area contributed by atoms with Crippen molar-refractivity contribution in [3.8, 4) is 0 Å². The molecule has 0 saturated heterocycles. The van der Waals surface area contributed by atoms with Crippen LogP contribution >= 0.6 is 0 Å². The first-order valence-electron chi connectivity index (χ1n) is 11.1. The molecule has 0 radical (unpaired) electrons. The molecule has 0 aromatic carbocycles. The fourth-order valence-corrected chi connectivity index (χ4v) is 5.90. The molecule has 0 spiro atoms. The molecule has 0 atom stereocenters. The zero-order valence-corrected chi connectivity index (χ0v) is 18.9. The molecule has 160 valence electrons. The molecule has 4 fully saturated rings. The van der Waals surface area contributed by atoms with E-state index in [1.807, 2.05) is 0 Å². The van der Waals surface area contributed by atoms with Crippen molar-refractivity contribution in [1.82, 2.24) is 9.78 Å². The number of hydrogen-bond donors (Lipinski definition) is 1. The Labute approximate surface area is 174 Å². The molecule has 6 aliphatic carbocycles. The van der Waals surface area contributed by atoms with Gasteiger partial charge in [-0.05, 0) is 62.3 Å². The van der Waals surface area contributed by atoms with E-state index in [9.17, 15) is 14.7 Å². The molecule has 6 aliphatic rings. The molecule has 4 bridgehead atoms. The number of hydrogen-bond acceptors (Lipinski definition) is 4. The number of carboxylic acid groups (broad SMARTS) is 1. The molecule has 1 N–H and O–H groups in total. The number of ketones is 1. The summed E-state index contributed by atoms with van der Waals surface area (Å²) in [6.45, 7) is 8.09. The van der Waals surface area contributed by atoms with Gasteiger partial charge < -0.3 is 9.84 Å². The molecule has 0 aliphatic heterocycles. The van der Waals surface area contributed by atoms with Gasteiger partial charge in [-0.15, -0.1) is 0 Å². The molecule has 1 aromatic rings. The number of nitrogens with zero attached hydrogens (tertiary/aromatic N) is 2. The van der Waals surface area contributed by atoms with Gasteiger partial charge in [0.2, 0.25) is 0 Å². The number of Topliss-reactive ketones (excluding diaryl/α,β-unsaturated/α-hetero) is 1. The van der Waals surface area contributed by atoms with Crippen LogP contribution in [0.25, 0.3) is 0 Å². The van der Waals surface area contributed by atoms with Gasteiger partial charge in [-0.25, -0.2) is 9.48 Å². The number of ether oxygens (including phenoxy) is 1. The highest BCUT2D eigenvalue weighted by Gasteiger charge is 2.43. The van der Waals surface area contributed by atoms with Crippen LogP contribution in [0.5, 0.6) is 0 Å². The van der Waals surface area contributed by atoms with Crippen molar-refractivity contribution >= 4 is 19.8 Å². The largest absolute Gasteiger partial charge is 0.476 e. The van der Waals surface area contributed by atoms with Crippen LogP contribution in [-0.2, 0) is 22.7 Å². The third kappa shape index (κ3) is 4.50. The molecule has 1 heterocycles. The Bertz CT molecular complexity index is 783. The average molecular weight is 419 g/mol. The summed E-state index contributed by atoms with van der Waals surface area (Å²) in [5, 5.41) is 13.7. The number of carbonyl (C=O) groups excluding carboxylic acids is 1. The molecule has 7 rings (SSSR count). The molecule has 0 amide bonds. The van der Waals surface area contributed by atoms with Crippen LogP contribution in [0, 0.1) is 17.8 Å². The maximum atomic E-state index is 11.4. The van der Waals surface area contributed by atoms with Crippen LogP contribution in [0.15, 0.2) is 0 Å². The number of carboxylic acids is 1. The minimum Gasteiger partial charge on any atom is -0.476 e. The van der Waals surface area contributed by atoms with Gasteiger partial charge in [-0.2, -0.15) is 5.10 Å². The maximum Gasteiger partial charge on any atom is 0.356 e. The van der Waals surface area contributed by atoms with E-state index < -0.39 is 14.0 Å². The summed E-state index contributed by atoms with van der Waals surface area (Å²) in [7, 11) is -1.09. The van der Waals surface area contributed by atoms with Crippen LogP contribution in [0.4, 0.5) is 0 Å². The van der Waals surface area contributed by atoms with Crippen LogP contribution < -0.4 is 0 Å². The number of aromatic nitrogens is 2. The summed E-state index contributed by atoms with van der Waals surface area (Å²) in [5.41, 5.74) is 2.34. The van der Waals surface area contributed by atoms with Gasteiger partial charge in [0, 0.05) is 38.3 Å². The Kier molecular flexibility index (Phi) is 5.72. The Morgan fingerprint density at radius 3 is 2.38 bits per heavy atom. The van der Waals surface area contributed by atoms with Crippen LogP contribution in [0.3, 0.4) is 0 Å². The van der Waals surface area contributed by atoms with Crippen molar-refractivity contribution in [3.05, 3.63) is 17.0 Å². The van der Waals surface area contributed by atoms with E-state index in [-0.39, 0.29) is 5.69 Å². The molecule has 4 saturated carbocycles. The second-order valence-corrected chi connectivity index (χ2v) is 16.3. The lowest BCUT2D eigenvalue weighted by Crippen LogP contribution is -2.36. The predicted octanol–water partition coefficient (Wildman–Crippen LogP) is 4.32. The fourth-order valence-electron chi connectivity index (χ4n) is 5.15. The summed E-state index contributed by atoms with van der Waals surface area (Å²) in [4.78, 5) is 22.2. The second kappa shape index (κ2) is 7.98. The molecular formula is C22H34N2O4Si. The van der Waals surface area contributed by atoms with Gasteiger partial charge in [0.05, 0.1) is 0 Å². The molecular weight excluding hydrogens is 384 g/mol. The van der Waals surface area contributed by atoms with E-state index in [1.54, 1.807) is 4.68 Å². The van der Waals surface area contributed by atoms with Gasteiger partial charge in [-0.1, -0.05) is 19.6 Å². The Hall–Kier alpha value is -1.47. The molecule has 29 heavy (non-hydrogen) atoms. The van der Waals surface area contributed by atoms with Crippen LogP contribution in [0.1, 0.15) is 66.2 Å². The number of rotatable bonds is 6. The lowest BCUT2D eigenvalue weighted by molar-refractivity contribution is -0.131. The topological polar surface area (TPSA) is 81.4 Å². The third-order valence-corrected chi connectivity index (χ3v) is 8.83. The van der Waals surface area contributed by atoms with E-state index in [4.69, 9.17) is 4.74 Å². The summed E-state index contributed by atoms with van der Waals surface area (Å²) < 4.78 is 7.54. The number of fused-ring (bicyclic) bond motifs is 2. The monoisotopic (exact) mass is 418 g/mol. The number of carbonyl (C=O) groups is 2. The molecule has 6 nitrogen and oxygen atoms in total. The van der Waals surface area contributed by atoms with Crippen molar-refractivity contribution in [3.63, 3.8) is 0 Å². The van der Waals surface area contributed by atoms with Crippen molar-refractivity contribution in [2.75, 3.05) is 6.61 Å². The SMILES string of the molecule is C[Si](C)(C)CCOCn1nc(C(=O)O)c2c1CC1CC2C1.O=C1CCC2CC1C2. The van der Waals surface area contributed by atoms with Gasteiger partial charge in [0.15, 0.2) is 5.69 Å². The smallest absolute Gasteiger partial charge is 0.356 e. The highest BCUT2D eigenvalue weighted by Crippen LogP contribution is 2.50. The Morgan fingerprint density at radius 1 is 1.17 bits per heavy atom. The minimum absolute atomic E-state index is 0.252. The van der Waals surface area contributed by atoms with E-state index in [2.05, 4.69) is 24.7 Å². The van der Waals surface area contributed by atoms with Crippen molar-refractivity contribution in [2.24, 2.45) is 17.8 Å². The minimum atomic E-state index is -1.09. The first kappa shape index (κ1) is 20.8. The lowest BCUT2D eigenvalue weighted by Gasteiger charge is -2.41. The first-order valence-corrected chi connectivity index (χ1v) is 14.9. The van der Waals surface area contributed by atoms with Gasteiger partial charge in [0.1, 0.15) is 12.5 Å². The van der Waals surface area contributed by atoms with Gasteiger partial charge >= 0.3 is 5.97 Å². The summed E-state index contributed by atoms with van der Waals surface area (Å²) in [6.07, 6.45) is 7.75. The van der Waals surface area contributed by atoms with E-state index >= 15 is 0 Å². The standard InChI is InChI=1S/C15H24N2O3Si.C7H10O/c1-21(2,3)5-4-20-9-17-12-8-10-6-11(7-10)13(12)14(16-17)15(18)19;8-7-2-1-5-3-6(7)4-5/h10-11H,4-9H2,1-3H3,(H,18,19);5-6H,1-4H2. The van der Waals surface area contributed by atoms with Crippen molar-refractivity contribution in [2.45, 2.75) is 83.3 Å². The van der Waals surface area contributed by atoms with E-state index in [1.165, 1.54) is 19.3 Å². The summed E-state index contributed by atoms with van der Waals surface area (Å²) >= 11 is 0. The van der Waals surface area contributed by atoms with Gasteiger partial charge in [0.25, 0.3) is 0 Å². The molecule has 0 unspecified atom stereocenters. The van der Waals surface area contributed by atoms with Crippen molar-refractivity contribution in [1.29, 1.82) is 0 Å². The maximum absolute atomic E-state index is 11.4. The Morgan fingerprint density at radius 2 is 1.86 bits per heavy atom. The first-order chi connectivity index (χ1) is 13.7. The lowest BCUT2D eigenvalue weighted by atomic mass is 9.64. The normalized spacial score (nSPS) is 29.1. The van der Waals surface area contributed by atoms with Crippen molar-refractivity contribution < 1.29 is 19.4 Å². The summed E-state index contributed by atoms with van der Waals surface area (Å²) in [5.74, 6) is 2.22. The zero-order chi connectivity index (χ0) is 20.8. The molecule has 1 aromatic heterocycles.